The minimum Gasteiger partial charge on any atom is -0.490 e. The first kappa shape index (κ1) is 28.1. The van der Waals surface area contributed by atoms with Crippen molar-refractivity contribution in [2.24, 2.45) is 0 Å². The van der Waals surface area contributed by atoms with Gasteiger partial charge in [-0.05, 0) is 79.4 Å². The van der Waals surface area contributed by atoms with Gasteiger partial charge < -0.3 is 9.47 Å². The molecule has 9 heteroatoms. The van der Waals surface area contributed by atoms with Crippen molar-refractivity contribution in [1.29, 1.82) is 0 Å². The number of urea groups is 1. The van der Waals surface area contributed by atoms with Gasteiger partial charge in [0, 0.05) is 15.1 Å². The number of anilines is 1. The van der Waals surface area contributed by atoms with Gasteiger partial charge in [0.15, 0.2) is 11.5 Å². The number of carbonyl (C=O) groups is 3. The van der Waals surface area contributed by atoms with Gasteiger partial charge in [-0.3, -0.25) is 14.9 Å². The second-order valence-electron chi connectivity index (χ2n) is 8.74. The molecule has 0 atom stereocenters. The van der Waals surface area contributed by atoms with Crippen molar-refractivity contribution in [3.63, 3.8) is 0 Å². The van der Waals surface area contributed by atoms with Crippen LogP contribution < -0.4 is 19.7 Å². The van der Waals surface area contributed by atoms with Crippen LogP contribution in [0.4, 0.5) is 10.5 Å². The molecule has 3 aromatic carbocycles. The maximum atomic E-state index is 13.4. The van der Waals surface area contributed by atoms with Crippen LogP contribution in [-0.4, -0.2) is 24.5 Å². The SMILES string of the molecule is C=CCc1cc(/C=C2\C(=O)NC(=O)N(c3cc(Cl)ccc3C)C2=O)cc(OCC)c1OCc1ccc(Br)cc1. The molecule has 1 fully saturated rings. The van der Waals surface area contributed by atoms with Crippen LogP contribution in [0.1, 0.15) is 29.2 Å². The van der Waals surface area contributed by atoms with Gasteiger partial charge in [0.2, 0.25) is 0 Å². The second-order valence-corrected chi connectivity index (χ2v) is 10.1. The molecule has 0 unspecified atom stereocenters. The van der Waals surface area contributed by atoms with Gasteiger partial charge in [-0.25, -0.2) is 9.69 Å². The highest BCUT2D eigenvalue weighted by molar-refractivity contribution is 9.10. The Bertz CT molecular complexity index is 1480. The maximum absolute atomic E-state index is 13.4. The predicted octanol–water partition coefficient (Wildman–Crippen LogP) is 6.78. The van der Waals surface area contributed by atoms with E-state index in [1.807, 2.05) is 31.2 Å². The Hall–Kier alpha value is -3.88. The maximum Gasteiger partial charge on any atom is 0.335 e. The summed E-state index contributed by atoms with van der Waals surface area (Å²) in [4.78, 5) is 39.8. The fourth-order valence-electron chi connectivity index (χ4n) is 4.10. The molecule has 0 saturated carbocycles. The Morgan fingerprint density at radius 3 is 2.49 bits per heavy atom. The van der Waals surface area contributed by atoms with Crippen LogP contribution in [0, 0.1) is 6.92 Å². The number of allylic oxidation sites excluding steroid dienone is 1. The monoisotopic (exact) mass is 608 g/mol. The van der Waals surface area contributed by atoms with Gasteiger partial charge in [-0.15, -0.1) is 6.58 Å². The lowest BCUT2D eigenvalue weighted by atomic mass is 10.0. The molecule has 1 aliphatic heterocycles. The van der Waals surface area contributed by atoms with E-state index in [1.54, 1.807) is 37.3 Å². The third-order valence-electron chi connectivity index (χ3n) is 5.94. The molecule has 0 aliphatic carbocycles. The lowest BCUT2D eigenvalue weighted by molar-refractivity contribution is -0.122. The number of barbiturate groups is 1. The molecule has 1 N–H and O–H groups in total. The Morgan fingerprint density at radius 1 is 1.05 bits per heavy atom. The van der Waals surface area contributed by atoms with E-state index < -0.39 is 17.8 Å². The molecule has 0 spiro atoms. The number of carbonyl (C=O) groups excluding carboxylic acids is 3. The number of benzene rings is 3. The highest BCUT2D eigenvalue weighted by atomic mass is 79.9. The number of halogens is 2. The first-order valence-corrected chi connectivity index (χ1v) is 13.3. The highest BCUT2D eigenvalue weighted by Crippen LogP contribution is 2.36. The van der Waals surface area contributed by atoms with E-state index in [9.17, 15) is 14.4 Å². The molecule has 39 heavy (non-hydrogen) atoms. The number of rotatable bonds is 9. The van der Waals surface area contributed by atoms with Gasteiger partial charge in [0.25, 0.3) is 11.8 Å². The van der Waals surface area contributed by atoms with E-state index in [0.29, 0.717) is 53.0 Å². The average Bonchev–Trinajstić information content (AvgIpc) is 2.89. The molecule has 0 bridgehead atoms. The zero-order valence-corrected chi connectivity index (χ0v) is 23.8. The van der Waals surface area contributed by atoms with Crippen LogP contribution in [0.3, 0.4) is 0 Å². The topological polar surface area (TPSA) is 84.9 Å². The minimum absolute atomic E-state index is 0.204. The molecular weight excluding hydrogens is 584 g/mol. The molecule has 0 aromatic heterocycles. The summed E-state index contributed by atoms with van der Waals surface area (Å²) < 4.78 is 13.0. The number of amides is 4. The Morgan fingerprint density at radius 2 is 1.79 bits per heavy atom. The zero-order chi connectivity index (χ0) is 28.1. The number of hydrogen-bond acceptors (Lipinski definition) is 5. The molecule has 4 rings (SSSR count). The summed E-state index contributed by atoms with van der Waals surface area (Å²) in [6, 6.07) is 15.3. The van der Waals surface area contributed by atoms with Crippen LogP contribution in [0.5, 0.6) is 11.5 Å². The second kappa shape index (κ2) is 12.3. The zero-order valence-electron chi connectivity index (χ0n) is 21.4. The summed E-state index contributed by atoms with van der Waals surface area (Å²) in [6.07, 6.45) is 3.62. The van der Waals surface area contributed by atoms with Crippen molar-refractivity contribution in [3.8, 4) is 11.5 Å². The number of hydrogen-bond donors (Lipinski definition) is 1. The van der Waals surface area contributed by atoms with Gasteiger partial charge in [-0.1, -0.05) is 51.8 Å². The number of nitrogens with zero attached hydrogens (tertiary/aromatic N) is 1. The summed E-state index contributed by atoms with van der Waals surface area (Å²) in [6.45, 7) is 8.13. The number of nitrogens with one attached hydrogen (secondary N) is 1. The van der Waals surface area contributed by atoms with Crippen LogP contribution in [0.15, 0.2) is 77.3 Å². The van der Waals surface area contributed by atoms with Crippen LogP contribution in [0.25, 0.3) is 6.08 Å². The molecule has 1 saturated heterocycles. The van der Waals surface area contributed by atoms with E-state index in [-0.39, 0.29) is 5.57 Å². The molecule has 3 aromatic rings. The third kappa shape index (κ3) is 6.41. The lowest BCUT2D eigenvalue weighted by Crippen LogP contribution is -2.54. The first-order valence-electron chi connectivity index (χ1n) is 12.2. The largest absolute Gasteiger partial charge is 0.490 e. The molecule has 200 valence electrons. The van der Waals surface area contributed by atoms with Crippen molar-refractivity contribution in [2.45, 2.75) is 26.9 Å². The quantitative estimate of drug-likeness (QED) is 0.164. The smallest absolute Gasteiger partial charge is 0.335 e. The molecule has 4 amide bonds. The van der Waals surface area contributed by atoms with Crippen molar-refractivity contribution < 1.29 is 23.9 Å². The van der Waals surface area contributed by atoms with Gasteiger partial charge in [-0.2, -0.15) is 0 Å². The fraction of sp³-hybridized carbons (Fsp3) is 0.167. The van der Waals surface area contributed by atoms with E-state index in [1.165, 1.54) is 12.1 Å². The summed E-state index contributed by atoms with van der Waals surface area (Å²) in [5.41, 5.74) is 3.01. The highest BCUT2D eigenvalue weighted by Gasteiger charge is 2.37. The molecule has 1 aliphatic rings. The molecule has 0 radical (unpaired) electrons. The van der Waals surface area contributed by atoms with Crippen molar-refractivity contribution in [3.05, 3.63) is 105 Å². The third-order valence-corrected chi connectivity index (χ3v) is 6.70. The summed E-state index contributed by atoms with van der Waals surface area (Å²) in [7, 11) is 0. The Labute approximate surface area is 240 Å². The summed E-state index contributed by atoms with van der Waals surface area (Å²) in [5, 5.41) is 2.60. The summed E-state index contributed by atoms with van der Waals surface area (Å²) >= 11 is 9.55. The van der Waals surface area contributed by atoms with E-state index in [0.717, 1.165) is 20.5 Å². The number of ether oxygens (including phenoxy) is 2. The van der Waals surface area contributed by atoms with Crippen LogP contribution in [-0.2, 0) is 22.6 Å². The molecule has 1 heterocycles. The van der Waals surface area contributed by atoms with E-state index in [4.69, 9.17) is 21.1 Å². The van der Waals surface area contributed by atoms with Crippen molar-refractivity contribution >= 4 is 57.1 Å². The Balaban J connectivity index is 1.73. The first-order chi connectivity index (χ1) is 18.7. The lowest BCUT2D eigenvalue weighted by Gasteiger charge is -2.27. The number of aryl methyl sites for hydroxylation is 1. The molecular formula is C30H26BrClN2O5. The number of imide groups is 2. The van der Waals surface area contributed by atoms with E-state index in [2.05, 4.69) is 27.8 Å². The Kier molecular flexibility index (Phi) is 8.89. The average molecular weight is 610 g/mol. The summed E-state index contributed by atoms with van der Waals surface area (Å²) in [5.74, 6) is -0.539. The van der Waals surface area contributed by atoms with Crippen molar-refractivity contribution in [1.82, 2.24) is 5.32 Å². The predicted molar refractivity (Wildman–Crippen MR) is 155 cm³/mol. The standard InChI is InChI=1S/C30H26BrClN2O5/c1-4-6-21-13-20(15-26(38-5-2)27(21)39-17-19-8-10-22(31)11-9-19)14-24-28(35)33-30(37)34(29(24)36)25-16-23(32)12-7-18(25)3/h4,7-16H,1,5-6,17H2,2-3H3,(H,33,35,37)/b24-14+. The van der Waals surface area contributed by atoms with Crippen LogP contribution in [0.2, 0.25) is 5.02 Å². The molecule has 7 nitrogen and oxygen atoms in total. The van der Waals surface area contributed by atoms with Crippen molar-refractivity contribution in [2.75, 3.05) is 11.5 Å². The van der Waals surface area contributed by atoms with E-state index >= 15 is 0 Å². The minimum atomic E-state index is -0.841. The van der Waals surface area contributed by atoms with Gasteiger partial charge in [0.1, 0.15) is 12.2 Å². The fourth-order valence-corrected chi connectivity index (χ4v) is 4.53. The van der Waals surface area contributed by atoms with Gasteiger partial charge >= 0.3 is 6.03 Å². The normalized spacial score (nSPS) is 14.4. The van der Waals surface area contributed by atoms with Gasteiger partial charge in [0.05, 0.1) is 12.3 Å². The van der Waals surface area contributed by atoms with Crippen LogP contribution >= 0.6 is 27.5 Å².